The molecule has 0 aliphatic heterocycles. The summed E-state index contributed by atoms with van der Waals surface area (Å²) >= 11 is 7.61. The molecule has 0 aromatic carbocycles. The highest BCUT2D eigenvalue weighted by Crippen LogP contribution is 2.27. The van der Waals surface area contributed by atoms with Crippen LogP contribution < -0.4 is 5.32 Å². The molecule has 1 N–H and O–H groups in total. The van der Waals surface area contributed by atoms with Gasteiger partial charge in [-0.05, 0) is 7.05 Å². The van der Waals surface area contributed by atoms with Crippen LogP contribution in [0.15, 0.2) is 0 Å². The van der Waals surface area contributed by atoms with Gasteiger partial charge in [-0.25, -0.2) is 4.98 Å². The van der Waals surface area contributed by atoms with Crippen molar-refractivity contribution >= 4 is 22.9 Å². The first-order valence-electron chi connectivity index (χ1n) is 3.94. The lowest BCUT2D eigenvalue weighted by Gasteiger charge is -1.95. The van der Waals surface area contributed by atoms with Crippen molar-refractivity contribution in [2.24, 2.45) is 0 Å². The number of thiazole rings is 1. The second-order valence-electron chi connectivity index (χ2n) is 2.95. The van der Waals surface area contributed by atoms with Crippen molar-refractivity contribution < 1.29 is 0 Å². The summed E-state index contributed by atoms with van der Waals surface area (Å²) in [5.41, 5.74) is 0. The normalized spacial score (nSPS) is 11.1. The zero-order valence-electron chi connectivity index (χ0n) is 7.52. The first kappa shape index (κ1) is 9.96. The lowest BCUT2D eigenvalue weighted by atomic mass is 10.2. The van der Waals surface area contributed by atoms with Crippen LogP contribution in [0.5, 0.6) is 0 Å². The fourth-order valence-electron chi connectivity index (χ4n) is 0.867. The fourth-order valence-corrected chi connectivity index (χ4v) is 2.16. The summed E-state index contributed by atoms with van der Waals surface area (Å²) < 4.78 is 0. The van der Waals surface area contributed by atoms with Gasteiger partial charge in [0, 0.05) is 12.5 Å². The Labute approximate surface area is 82.0 Å². The Morgan fingerprint density at radius 1 is 1.58 bits per heavy atom. The number of halogens is 1. The van der Waals surface area contributed by atoms with Crippen molar-refractivity contribution in [2.45, 2.75) is 26.3 Å². The van der Waals surface area contributed by atoms with Gasteiger partial charge in [-0.1, -0.05) is 25.4 Å². The Hall–Kier alpha value is -0.120. The number of hydrogen-bond donors (Lipinski definition) is 1. The lowest BCUT2D eigenvalue weighted by Crippen LogP contribution is -2.03. The van der Waals surface area contributed by atoms with E-state index in [0.29, 0.717) is 11.1 Å². The second kappa shape index (κ2) is 4.21. The van der Waals surface area contributed by atoms with Gasteiger partial charge < -0.3 is 5.32 Å². The van der Waals surface area contributed by atoms with Crippen molar-refractivity contribution in [1.82, 2.24) is 10.3 Å². The van der Waals surface area contributed by atoms with Crippen LogP contribution in [-0.2, 0) is 6.54 Å². The monoisotopic (exact) mass is 204 g/mol. The van der Waals surface area contributed by atoms with E-state index in [1.165, 1.54) is 0 Å². The topological polar surface area (TPSA) is 24.9 Å². The molecule has 1 aromatic rings. The predicted molar refractivity (Wildman–Crippen MR) is 54.0 cm³/mol. The molecular weight excluding hydrogens is 192 g/mol. The smallest absolute Gasteiger partial charge is 0.144 e. The molecule has 2 nitrogen and oxygen atoms in total. The summed E-state index contributed by atoms with van der Waals surface area (Å²) in [5, 5.41) is 4.83. The third kappa shape index (κ3) is 2.19. The third-order valence-electron chi connectivity index (χ3n) is 1.50. The standard InChI is InChI=1S/C8H13ClN2S/c1-5(2)8-11-7(9)6(12-8)4-10-3/h5,10H,4H2,1-3H3. The molecule has 0 fully saturated rings. The Bertz CT molecular complexity index is 258. The summed E-state index contributed by atoms with van der Waals surface area (Å²) in [5.74, 6) is 0.470. The van der Waals surface area contributed by atoms with Crippen LogP contribution in [0, 0.1) is 0 Å². The highest BCUT2D eigenvalue weighted by molar-refractivity contribution is 7.12. The minimum Gasteiger partial charge on any atom is -0.315 e. The van der Waals surface area contributed by atoms with Crippen LogP contribution in [-0.4, -0.2) is 12.0 Å². The Morgan fingerprint density at radius 2 is 2.25 bits per heavy atom. The highest BCUT2D eigenvalue weighted by atomic mass is 35.5. The maximum Gasteiger partial charge on any atom is 0.144 e. The largest absolute Gasteiger partial charge is 0.315 e. The van der Waals surface area contributed by atoms with E-state index >= 15 is 0 Å². The molecule has 12 heavy (non-hydrogen) atoms. The van der Waals surface area contributed by atoms with Gasteiger partial charge in [0.25, 0.3) is 0 Å². The zero-order valence-corrected chi connectivity index (χ0v) is 9.09. The minimum atomic E-state index is 0.470. The molecule has 1 heterocycles. The van der Waals surface area contributed by atoms with Crippen molar-refractivity contribution in [3.05, 3.63) is 15.0 Å². The quantitative estimate of drug-likeness (QED) is 0.819. The van der Waals surface area contributed by atoms with Crippen LogP contribution in [0.1, 0.15) is 29.7 Å². The van der Waals surface area contributed by atoms with Gasteiger partial charge in [-0.2, -0.15) is 0 Å². The number of nitrogens with one attached hydrogen (secondary N) is 1. The molecule has 0 amide bonds. The SMILES string of the molecule is CNCc1sc(C(C)C)nc1Cl. The van der Waals surface area contributed by atoms with Crippen LogP contribution in [0.25, 0.3) is 0 Å². The first-order chi connectivity index (χ1) is 5.65. The van der Waals surface area contributed by atoms with Crippen molar-refractivity contribution in [2.75, 3.05) is 7.05 Å². The number of hydrogen-bond acceptors (Lipinski definition) is 3. The molecule has 0 atom stereocenters. The van der Waals surface area contributed by atoms with Crippen molar-refractivity contribution in [3.63, 3.8) is 0 Å². The molecule has 68 valence electrons. The molecular formula is C8H13ClN2S. The van der Waals surface area contributed by atoms with Crippen LogP contribution in [0.2, 0.25) is 5.15 Å². The van der Waals surface area contributed by atoms with E-state index in [4.69, 9.17) is 11.6 Å². The van der Waals surface area contributed by atoms with Crippen molar-refractivity contribution in [3.8, 4) is 0 Å². The van der Waals surface area contributed by atoms with Gasteiger partial charge in [0.15, 0.2) is 0 Å². The molecule has 0 aliphatic rings. The average molecular weight is 205 g/mol. The molecule has 1 rings (SSSR count). The number of rotatable bonds is 3. The Balaban J connectivity index is 2.85. The van der Waals surface area contributed by atoms with E-state index in [1.54, 1.807) is 11.3 Å². The minimum absolute atomic E-state index is 0.470. The van der Waals surface area contributed by atoms with Gasteiger partial charge >= 0.3 is 0 Å². The number of aromatic nitrogens is 1. The average Bonchev–Trinajstić information content (AvgIpc) is 2.34. The molecule has 0 saturated heterocycles. The maximum atomic E-state index is 5.93. The molecule has 0 bridgehead atoms. The summed E-state index contributed by atoms with van der Waals surface area (Å²) in [6, 6.07) is 0. The summed E-state index contributed by atoms with van der Waals surface area (Å²) in [6.45, 7) is 5.06. The van der Waals surface area contributed by atoms with E-state index in [2.05, 4.69) is 24.1 Å². The van der Waals surface area contributed by atoms with Gasteiger partial charge in [-0.3, -0.25) is 0 Å². The van der Waals surface area contributed by atoms with Gasteiger partial charge in [0.1, 0.15) is 5.15 Å². The molecule has 4 heteroatoms. The predicted octanol–water partition coefficient (Wildman–Crippen LogP) is 2.64. The zero-order chi connectivity index (χ0) is 9.14. The maximum absolute atomic E-state index is 5.93. The highest BCUT2D eigenvalue weighted by Gasteiger charge is 2.10. The third-order valence-corrected chi connectivity index (χ3v) is 3.28. The van der Waals surface area contributed by atoms with Crippen molar-refractivity contribution in [1.29, 1.82) is 0 Å². The van der Waals surface area contributed by atoms with E-state index < -0.39 is 0 Å². The van der Waals surface area contributed by atoms with Crippen LogP contribution in [0.3, 0.4) is 0 Å². The van der Waals surface area contributed by atoms with Crippen LogP contribution >= 0.6 is 22.9 Å². The molecule has 0 aliphatic carbocycles. The van der Waals surface area contributed by atoms with E-state index in [0.717, 1.165) is 16.4 Å². The van der Waals surface area contributed by atoms with Crippen LogP contribution in [0.4, 0.5) is 0 Å². The Morgan fingerprint density at radius 3 is 2.67 bits per heavy atom. The van der Waals surface area contributed by atoms with Gasteiger partial charge in [0.05, 0.1) is 9.88 Å². The summed E-state index contributed by atoms with van der Waals surface area (Å²) in [6.07, 6.45) is 0. The number of nitrogens with zero attached hydrogens (tertiary/aromatic N) is 1. The molecule has 0 unspecified atom stereocenters. The molecule has 0 spiro atoms. The summed E-state index contributed by atoms with van der Waals surface area (Å²) in [4.78, 5) is 5.40. The van der Waals surface area contributed by atoms with Gasteiger partial charge in [0.2, 0.25) is 0 Å². The fraction of sp³-hybridized carbons (Fsp3) is 0.625. The molecule has 1 aromatic heterocycles. The van der Waals surface area contributed by atoms with Gasteiger partial charge in [-0.15, -0.1) is 11.3 Å². The lowest BCUT2D eigenvalue weighted by molar-refractivity contribution is 0.827. The van der Waals surface area contributed by atoms with E-state index in [-0.39, 0.29) is 0 Å². The second-order valence-corrected chi connectivity index (χ2v) is 4.42. The Kier molecular flexibility index (Phi) is 3.50. The molecule has 0 radical (unpaired) electrons. The molecule has 0 saturated carbocycles. The summed E-state index contributed by atoms with van der Waals surface area (Å²) in [7, 11) is 1.91. The van der Waals surface area contributed by atoms with E-state index in [9.17, 15) is 0 Å². The van der Waals surface area contributed by atoms with E-state index in [1.807, 2.05) is 7.05 Å². The first-order valence-corrected chi connectivity index (χ1v) is 5.14.